The molecule has 2 aliphatic rings. The lowest BCUT2D eigenvalue weighted by Crippen LogP contribution is -2.47. The fraction of sp³-hybridized carbons (Fsp3) is 0.588. The third-order valence-corrected chi connectivity index (χ3v) is 5.50. The normalized spacial score (nSPS) is 26.0. The van der Waals surface area contributed by atoms with E-state index in [1.165, 1.54) is 38.5 Å². The third kappa shape index (κ3) is 2.22. The predicted octanol–water partition coefficient (Wildman–Crippen LogP) is 4.23. The Morgan fingerprint density at radius 1 is 1.14 bits per heavy atom. The summed E-state index contributed by atoms with van der Waals surface area (Å²) in [7, 11) is 0. The fourth-order valence-corrected chi connectivity index (χ4v) is 4.52. The minimum atomic E-state index is 0.522. The summed E-state index contributed by atoms with van der Waals surface area (Å²) >= 11 is 6.26. The molecule has 0 radical (unpaired) electrons. The minimum Gasteiger partial charge on any atom is -0.352 e. The summed E-state index contributed by atoms with van der Waals surface area (Å²) in [6.45, 7) is 1.13. The second-order valence-corrected chi connectivity index (χ2v) is 6.66. The second kappa shape index (κ2) is 5.53. The Balaban J connectivity index is 1.77. The molecule has 1 aliphatic heterocycles. The van der Waals surface area contributed by atoms with Crippen LogP contribution in [0.25, 0.3) is 5.65 Å². The number of alkyl halides is 1. The number of rotatable bonds is 2. The predicted molar refractivity (Wildman–Crippen MR) is 87.1 cm³/mol. The van der Waals surface area contributed by atoms with Gasteiger partial charge in [-0.15, -0.1) is 11.6 Å². The zero-order chi connectivity index (χ0) is 14.2. The van der Waals surface area contributed by atoms with E-state index in [9.17, 15) is 0 Å². The minimum absolute atomic E-state index is 0.522. The number of hydrogen-bond donors (Lipinski definition) is 0. The van der Waals surface area contributed by atoms with Crippen molar-refractivity contribution in [3.05, 3.63) is 30.1 Å². The Morgan fingerprint density at radius 2 is 2.00 bits per heavy atom. The van der Waals surface area contributed by atoms with E-state index in [0.29, 0.717) is 11.9 Å². The zero-order valence-corrected chi connectivity index (χ0v) is 13.1. The van der Waals surface area contributed by atoms with E-state index < -0.39 is 0 Å². The summed E-state index contributed by atoms with van der Waals surface area (Å²) < 4.78 is 2.15. The molecular weight excluding hydrogens is 282 g/mol. The summed E-state index contributed by atoms with van der Waals surface area (Å²) in [6.07, 6.45) is 10.2. The first-order valence-electron chi connectivity index (χ1n) is 8.17. The highest BCUT2D eigenvalue weighted by Crippen LogP contribution is 2.38. The summed E-state index contributed by atoms with van der Waals surface area (Å²) in [4.78, 5) is 7.47. The molecule has 1 saturated carbocycles. The Morgan fingerprint density at radius 3 is 2.90 bits per heavy atom. The van der Waals surface area contributed by atoms with Crippen LogP contribution in [0.5, 0.6) is 0 Å². The van der Waals surface area contributed by atoms with E-state index in [-0.39, 0.29) is 0 Å². The average Bonchev–Trinajstić information content (AvgIpc) is 2.92. The van der Waals surface area contributed by atoms with Crippen LogP contribution in [0.2, 0.25) is 0 Å². The smallest absolute Gasteiger partial charge is 0.152 e. The quantitative estimate of drug-likeness (QED) is 0.774. The van der Waals surface area contributed by atoms with Gasteiger partial charge in [-0.25, -0.2) is 4.98 Å². The number of pyridine rings is 1. The van der Waals surface area contributed by atoms with Crippen LogP contribution in [0.15, 0.2) is 24.4 Å². The van der Waals surface area contributed by atoms with Gasteiger partial charge in [0.05, 0.1) is 11.6 Å². The van der Waals surface area contributed by atoms with Gasteiger partial charge in [-0.05, 0) is 43.7 Å². The average molecular weight is 304 g/mol. The van der Waals surface area contributed by atoms with E-state index in [0.717, 1.165) is 29.6 Å². The molecule has 2 unspecified atom stereocenters. The third-order valence-electron chi connectivity index (χ3n) is 5.25. The van der Waals surface area contributed by atoms with E-state index >= 15 is 0 Å². The molecule has 0 spiro atoms. The Hall–Kier alpha value is -1.22. The van der Waals surface area contributed by atoms with Crippen LogP contribution in [-0.4, -0.2) is 22.0 Å². The van der Waals surface area contributed by atoms with Crippen molar-refractivity contribution in [2.75, 3.05) is 11.4 Å². The number of anilines is 1. The second-order valence-electron chi connectivity index (χ2n) is 6.39. The molecule has 2 fully saturated rings. The van der Waals surface area contributed by atoms with Crippen LogP contribution in [0, 0.1) is 5.92 Å². The van der Waals surface area contributed by atoms with Gasteiger partial charge in [-0.3, -0.25) is 0 Å². The zero-order valence-electron chi connectivity index (χ0n) is 12.3. The lowest BCUT2D eigenvalue weighted by molar-refractivity contribution is 0.242. The lowest BCUT2D eigenvalue weighted by atomic mass is 9.78. The lowest BCUT2D eigenvalue weighted by Gasteiger charge is -2.44. The monoisotopic (exact) mass is 303 g/mol. The molecule has 1 saturated heterocycles. The van der Waals surface area contributed by atoms with Gasteiger partial charge < -0.3 is 9.30 Å². The Labute approximate surface area is 130 Å². The Kier molecular flexibility index (Phi) is 3.54. The van der Waals surface area contributed by atoms with E-state index in [1.54, 1.807) is 0 Å². The van der Waals surface area contributed by atoms with Gasteiger partial charge >= 0.3 is 0 Å². The maximum atomic E-state index is 6.26. The molecule has 4 heteroatoms. The van der Waals surface area contributed by atoms with Gasteiger partial charge in [0.15, 0.2) is 5.82 Å². The highest BCUT2D eigenvalue weighted by molar-refractivity contribution is 6.17. The number of fused-ring (bicyclic) bond motifs is 2. The fourth-order valence-electron chi connectivity index (χ4n) is 4.28. The highest BCUT2D eigenvalue weighted by Gasteiger charge is 2.35. The first kappa shape index (κ1) is 13.4. The topological polar surface area (TPSA) is 20.5 Å². The molecule has 0 N–H and O–H groups in total. The molecular formula is C17H22ClN3. The molecule has 2 aromatic rings. The standard InChI is InChI=1S/C17H22ClN3/c18-12-15-17(19-16-9-3-4-10-20(15)16)21-11-5-7-13-6-1-2-8-14(13)21/h3-4,9-10,13-14H,1-2,5-8,11-12H2. The van der Waals surface area contributed by atoms with Crippen molar-refractivity contribution in [2.45, 2.75) is 50.4 Å². The van der Waals surface area contributed by atoms with Crippen molar-refractivity contribution in [2.24, 2.45) is 5.92 Å². The van der Waals surface area contributed by atoms with Crippen LogP contribution in [0.1, 0.15) is 44.2 Å². The van der Waals surface area contributed by atoms with E-state index in [1.807, 2.05) is 12.1 Å². The van der Waals surface area contributed by atoms with E-state index in [4.69, 9.17) is 16.6 Å². The first-order chi connectivity index (χ1) is 10.4. The van der Waals surface area contributed by atoms with Crippen LogP contribution >= 0.6 is 11.6 Å². The van der Waals surface area contributed by atoms with Gasteiger partial charge in [0, 0.05) is 18.8 Å². The summed E-state index contributed by atoms with van der Waals surface area (Å²) in [5.41, 5.74) is 2.17. The number of piperidine rings is 1. The van der Waals surface area contributed by atoms with Gasteiger partial charge in [0.25, 0.3) is 0 Å². The van der Waals surface area contributed by atoms with Gasteiger partial charge in [0.1, 0.15) is 5.65 Å². The number of aromatic nitrogens is 2. The number of hydrogen-bond acceptors (Lipinski definition) is 2. The number of imidazole rings is 1. The van der Waals surface area contributed by atoms with Crippen molar-refractivity contribution in [3.63, 3.8) is 0 Å². The van der Waals surface area contributed by atoms with Gasteiger partial charge in [-0.2, -0.15) is 0 Å². The summed E-state index contributed by atoms with van der Waals surface area (Å²) in [5.74, 6) is 2.52. The molecule has 3 heterocycles. The molecule has 1 aliphatic carbocycles. The van der Waals surface area contributed by atoms with Crippen LogP contribution < -0.4 is 4.90 Å². The maximum absolute atomic E-state index is 6.26. The highest BCUT2D eigenvalue weighted by atomic mass is 35.5. The van der Waals surface area contributed by atoms with Crippen LogP contribution in [0.4, 0.5) is 5.82 Å². The SMILES string of the molecule is ClCc1c(N2CCCC3CCCCC32)nc2ccccn12. The largest absolute Gasteiger partial charge is 0.352 e. The number of nitrogens with zero attached hydrogens (tertiary/aromatic N) is 3. The van der Waals surface area contributed by atoms with Crippen LogP contribution in [0.3, 0.4) is 0 Å². The van der Waals surface area contributed by atoms with Crippen molar-refractivity contribution >= 4 is 23.1 Å². The first-order valence-corrected chi connectivity index (χ1v) is 8.70. The van der Waals surface area contributed by atoms with E-state index in [2.05, 4.69) is 21.6 Å². The molecule has 2 aromatic heterocycles. The molecule has 21 heavy (non-hydrogen) atoms. The molecule has 112 valence electrons. The molecule has 2 atom stereocenters. The summed E-state index contributed by atoms with van der Waals surface area (Å²) in [6, 6.07) is 6.85. The number of halogens is 1. The molecule has 0 amide bonds. The summed E-state index contributed by atoms with van der Waals surface area (Å²) in [5, 5.41) is 0. The molecule has 4 rings (SSSR count). The van der Waals surface area contributed by atoms with Crippen molar-refractivity contribution < 1.29 is 0 Å². The Bertz CT molecular complexity index is 634. The van der Waals surface area contributed by atoms with Crippen molar-refractivity contribution in [1.29, 1.82) is 0 Å². The maximum Gasteiger partial charge on any atom is 0.152 e. The van der Waals surface area contributed by atoms with Gasteiger partial charge in [-0.1, -0.05) is 18.9 Å². The molecule has 0 bridgehead atoms. The van der Waals surface area contributed by atoms with Crippen molar-refractivity contribution in [1.82, 2.24) is 9.38 Å². The molecule has 3 nitrogen and oxygen atoms in total. The van der Waals surface area contributed by atoms with Crippen molar-refractivity contribution in [3.8, 4) is 0 Å². The van der Waals surface area contributed by atoms with Crippen LogP contribution in [-0.2, 0) is 5.88 Å². The van der Waals surface area contributed by atoms with Gasteiger partial charge in [0.2, 0.25) is 0 Å². The molecule has 0 aromatic carbocycles.